The van der Waals surface area contributed by atoms with E-state index in [0.29, 0.717) is 0 Å². The van der Waals surface area contributed by atoms with Crippen molar-refractivity contribution < 1.29 is 17.6 Å². The third-order valence-corrected chi connectivity index (χ3v) is 1.71. The molecule has 1 aromatic heterocycles. The molecule has 1 aromatic rings. The molecule has 2 nitrogen and oxygen atoms in total. The van der Waals surface area contributed by atoms with Crippen molar-refractivity contribution in [2.24, 2.45) is 5.73 Å². The number of furan rings is 1. The standard InChI is InChI=1S/C7H8F3NO/c1-6(11,7(8,9)10)5-2-3-12-4-5/h2-4H,11H2,1H3. The molecule has 0 fully saturated rings. The molecule has 1 unspecified atom stereocenters. The van der Waals surface area contributed by atoms with Crippen molar-refractivity contribution in [2.75, 3.05) is 0 Å². The number of nitrogens with two attached hydrogens (primary N) is 1. The molecule has 1 heterocycles. The fourth-order valence-corrected chi connectivity index (χ4v) is 0.724. The minimum atomic E-state index is -4.46. The Balaban J connectivity index is 3.02. The molecule has 1 atom stereocenters. The molecule has 12 heavy (non-hydrogen) atoms. The molecule has 0 saturated heterocycles. The summed E-state index contributed by atoms with van der Waals surface area (Å²) in [5.41, 5.74) is 2.67. The van der Waals surface area contributed by atoms with Crippen LogP contribution in [0.5, 0.6) is 0 Å². The molecule has 0 aliphatic rings. The largest absolute Gasteiger partial charge is 0.472 e. The lowest BCUT2D eigenvalue weighted by Gasteiger charge is -2.25. The SMILES string of the molecule is CC(N)(c1ccoc1)C(F)(F)F. The monoisotopic (exact) mass is 179 g/mol. The predicted molar refractivity (Wildman–Crippen MR) is 36.3 cm³/mol. The second kappa shape index (κ2) is 2.52. The number of halogens is 3. The molecule has 0 saturated carbocycles. The molecular formula is C7H8F3NO. The van der Waals surface area contributed by atoms with E-state index < -0.39 is 11.7 Å². The summed E-state index contributed by atoms with van der Waals surface area (Å²) in [6.45, 7) is 0.901. The van der Waals surface area contributed by atoms with Gasteiger partial charge in [-0.1, -0.05) is 0 Å². The van der Waals surface area contributed by atoms with Crippen LogP contribution in [0, 0.1) is 0 Å². The van der Waals surface area contributed by atoms with Crippen LogP contribution in [0.1, 0.15) is 12.5 Å². The molecular weight excluding hydrogens is 171 g/mol. The van der Waals surface area contributed by atoms with Gasteiger partial charge in [0, 0.05) is 5.56 Å². The Morgan fingerprint density at radius 1 is 1.42 bits per heavy atom. The normalized spacial score (nSPS) is 17.4. The molecule has 0 spiro atoms. The minimum Gasteiger partial charge on any atom is -0.472 e. The van der Waals surface area contributed by atoms with Gasteiger partial charge < -0.3 is 10.2 Å². The fourth-order valence-electron chi connectivity index (χ4n) is 0.724. The van der Waals surface area contributed by atoms with Gasteiger partial charge in [-0.25, -0.2) is 0 Å². The van der Waals surface area contributed by atoms with Gasteiger partial charge in [0.05, 0.1) is 12.5 Å². The van der Waals surface area contributed by atoms with Crippen molar-refractivity contribution in [3.63, 3.8) is 0 Å². The second-order valence-corrected chi connectivity index (χ2v) is 2.71. The molecule has 0 aliphatic heterocycles. The van der Waals surface area contributed by atoms with Crippen LogP contribution in [-0.4, -0.2) is 6.18 Å². The Bertz CT molecular complexity index is 250. The van der Waals surface area contributed by atoms with E-state index >= 15 is 0 Å². The Morgan fingerprint density at radius 2 is 2.00 bits per heavy atom. The fraction of sp³-hybridized carbons (Fsp3) is 0.429. The zero-order chi connectivity index (χ0) is 9.41. The third-order valence-electron chi connectivity index (χ3n) is 1.71. The van der Waals surface area contributed by atoms with Gasteiger partial charge in [0.1, 0.15) is 5.54 Å². The Kier molecular flexibility index (Phi) is 1.91. The van der Waals surface area contributed by atoms with E-state index in [1.807, 2.05) is 0 Å². The van der Waals surface area contributed by atoms with E-state index in [1.54, 1.807) is 0 Å². The summed E-state index contributed by atoms with van der Waals surface area (Å²) >= 11 is 0. The molecule has 5 heteroatoms. The first-order chi connectivity index (χ1) is 5.36. The smallest absolute Gasteiger partial charge is 0.410 e. The Hall–Kier alpha value is -0.970. The minimum absolute atomic E-state index is 0.0741. The van der Waals surface area contributed by atoms with Crippen molar-refractivity contribution >= 4 is 0 Å². The van der Waals surface area contributed by atoms with Gasteiger partial charge in [-0.2, -0.15) is 13.2 Å². The van der Waals surface area contributed by atoms with E-state index in [1.165, 1.54) is 6.07 Å². The van der Waals surface area contributed by atoms with E-state index in [0.717, 1.165) is 19.5 Å². The Labute approximate surface area is 67.2 Å². The highest BCUT2D eigenvalue weighted by atomic mass is 19.4. The molecule has 0 radical (unpaired) electrons. The highest BCUT2D eigenvalue weighted by molar-refractivity contribution is 5.19. The summed E-state index contributed by atoms with van der Waals surface area (Å²) < 4.78 is 41.2. The molecule has 0 aliphatic carbocycles. The molecule has 0 amide bonds. The van der Waals surface area contributed by atoms with Gasteiger partial charge in [-0.3, -0.25) is 0 Å². The first kappa shape index (κ1) is 9.12. The summed E-state index contributed by atoms with van der Waals surface area (Å²) in [7, 11) is 0. The highest BCUT2D eigenvalue weighted by Crippen LogP contribution is 2.36. The second-order valence-electron chi connectivity index (χ2n) is 2.71. The lowest BCUT2D eigenvalue weighted by molar-refractivity contribution is -0.184. The quantitative estimate of drug-likeness (QED) is 0.716. The zero-order valence-electron chi connectivity index (χ0n) is 6.35. The number of hydrogen-bond donors (Lipinski definition) is 1. The van der Waals surface area contributed by atoms with Crippen LogP contribution in [0.3, 0.4) is 0 Å². The summed E-state index contributed by atoms with van der Waals surface area (Å²) in [4.78, 5) is 0. The maximum atomic E-state index is 12.2. The summed E-state index contributed by atoms with van der Waals surface area (Å²) in [5, 5.41) is 0. The molecule has 0 aromatic carbocycles. The van der Waals surface area contributed by atoms with Crippen LogP contribution in [0.15, 0.2) is 23.0 Å². The van der Waals surface area contributed by atoms with Gasteiger partial charge in [-0.05, 0) is 13.0 Å². The zero-order valence-corrected chi connectivity index (χ0v) is 6.35. The van der Waals surface area contributed by atoms with Crippen LogP contribution in [0.2, 0.25) is 0 Å². The van der Waals surface area contributed by atoms with Crippen LogP contribution >= 0.6 is 0 Å². The molecule has 0 bridgehead atoms. The van der Waals surface area contributed by atoms with Crippen molar-refractivity contribution in [1.82, 2.24) is 0 Å². The molecule has 68 valence electrons. The maximum Gasteiger partial charge on any atom is 0.410 e. The van der Waals surface area contributed by atoms with Crippen LogP contribution in [0.4, 0.5) is 13.2 Å². The van der Waals surface area contributed by atoms with Gasteiger partial charge in [0.2, 0.25) is 0 Å². The van der Waals surface area contributed by atoms with E-state index in [4.69, 9.17) is 5.73 Å². The van der Waals surface area contributed by atoms with Gasteiger partial charge in [0.15, 0.2) is 0 Å². The van der Waals surface area contributed by atoms with Crippen molar-refractivity contribution in [3.05, 3.63) is 24.2 Å². The maximum absolute atomic E-state index is 12.2. The average molecular weight is 179 g/mol. The van der Waals surface area contributed by atoms with E-state index in [-0.39, 0.29) is 5.56 Å². The third kappa shape index (κ3) is 1.32. The van der Waals surface area contributed by atoms with Gasteiger partial charge >= 0.3 is 6.18 Å². The lowest BCUT2D eigenvalue weighted by Crippen LogP contribution is -2.47. The first-order valence-electron chi connectivity index (χ1n) is 3.24. The summed E-state index contributed by atoms with van der Waals surface area (Å²) in [6.07, 6.45) is -2.31. The van der Waals surface area contributed by atoms with Crippen molar-refractivity contribution in [2.45, 2.75) is 18.6 Å². The van der Waals surface area contributed by atoms with Crippen molar-refractivity contribution in [3.8, 4) is 0 Å². The summed E-state index contributed by atoms with van der Waals surface area (Å²) in [6, 6.07) is 1.20. The lowest BCUT2D eigenvalue weighted by atomic mass is 9.96. The number of alkyl halides is 3. The number of rotatable bonds is 1. The first-order valence-corrected chi connectivity index (χ1v) is 3.24. The summed E-state index contributed by atoms with van der Waals surface area (Å²) in [5.74, 6) is 0. The van der Waals surface area contributed by atoms with Gasteiger partial charge in [0.25, 0.3) is 0 Å². The van der Waals surface area contributed by atoms with E-state index in [9.17, 15) is 13.2 Å². The van der Waals surface area contributed by atoms with Crippen molar-refractivity contribution in [1.29, 1.82) is 0 Å². The van der Waals surface area contributed by atoms with Crippen LogP contribution in [-0.2, 0) is 5.54 Å². The van der Waals surface area contributed by atoms with Gasteiger partial charge in [-0.15, -0.1) is 0 Å². The Morgan fingerprint density at radius 3 is 2.33 bits per heavy atom. The average Bonchev–Trinajstić information content (AvgIpc) is 2.34. The predicted octanol–water partition coefficient (Wildman–Crippen LogP) is 2.02. The molecule has 2 N–H and O–H groups in total. The van der Waals surface area contributed by atoms with E-state index in [2.05, 4.69) is 4.42 Å². The van der Waals surface area contributed by atoms with Crippen LogP contribution < -0.4 is 5.73 Å². The highest BCUT2D eigenvalue weighted by Gasteiger charge is 2.49. The topological polar surface area (TPSA) is 39.2 Å². The molecule has 1 rings (SSSR count). The number of hydrogen-bond acceptors (Lipinski definition) is 2. The van der Waals surface area contributed by atoms with Crippen LogP contribution in [0.25, 0.3) is 0 Å².